The van der Waals surface area contributed by atoms with Crippen molar-refractivity contribution in [1.82, 2.24) is 0 Å². The van der Waals surface area contributed by atoms with E-state index in [1.54, 1.807) is 11.8 Å². The number of thioether (sulfide) groups is 1. The molecular weight excluding hydrogens is 246 g/mol. The fourth-order valence-electron chi connectivity index (χ4n) is 2.21. The molecule has 0 saturated carbocycles. The normalized spacial score (nSPS) is 19.8. The summed E-state index contributed by atoms with van der Waals surface area (Å²) in [6.45, 7) is 3.81. The van der Waals surface area contributed by atoms with E-state index in [9.17, 15) is 4.79 Å². The number of hydrogen-bond acceptors (Lipinski definition) is 3. The minimum Gasteiger partial charge on any atom is -0.480 e. The maximum absolute atomic E-state index is 10.9. The number of nitrogens with two attached hydrogens (primary N) is 1. The molecule has 4 heteroatoms. The molecule has 0 saturated heterocycles. The van der Waals surface area contributed by atoms with Crippen LogP contribution in [0, 0.1) is 0 Å². The Hall–Kier alpha value is -1.00. The van der Waals surface area contributed by atoms with Gasteiger partial charge in [0.2, 0.25) is 0 Å². The van der Waals surface area contributed by atoms with Crippen LogP contribution in [0.4, 0.5) is 0 Å². The van der Waals surface area contributed by atoms with Gasteiger partial charge >= 0.3 is 5.97 Å². The van der Waals surface area contributed by atoms with Crippen LogP contribution in [0.15, 0.2) is 24.3 Å². The highest BCUT2D eigenvalue weighted by molar-refractivity contribution is 8.00. The zero-order chi connectivity index (χ0) is 13.3. The fourth-order valence-corrected chi connectivity index (χ4v) is 3.42. The van der Waals surface area contributed by atoms with E-state index in [1.165, 1.54) is 11.1 Å². The Bertz CT molecular complexity index is 459. The molecule has 1 aliphatic rings. The van der Waals surface area contributed by atoms with Crippen LogP contribution in [-0.4, -0.2) is 27.6 Å². The van der Waals surface area contributed by atoms with Crippen LogP contribution in [0.5, 0.6) is 0 Å². The Morgan fingerprint density at radius 3 is 2.83 bits per heavy atom. The van der Waals surface area contributed by atoms with E-state index in [4.69, 9.17) is 10.8 Å². The quantitative estimate of drug-likeness (QED) is 0.857. The molecule has 3 nitrogen and oxygen atoms in total. The molecule has 1 aromatic rings. The molecule has 2 rings (SSSR count). The summed E-state index contributed by atoms with van der Waals surface area (Å²) >= 11 is 1.66. The number of benzene rings is 1. The van der Waals surface area contributed by atoms with Gasteiger partial charge in [0.05, 0.1) is 0 Å². The Morgan fingerprint density at radius 1 is 1.56 bits per heavy atom. The lowest BCUT2D eigenvalue weighted by atomic mass is 9.79. The molecule has 0 heterocycles. The minimum absolute atomic E-state index is 0.434. The van der Waals surface area contributed by atoms with Crippen molar-refractivity contribution in [1.29, 1.82) is 0 Å². The second kappa shape index (κ2) is 4.94. The summed E-state index contributed by atoms with van der Waals surface area (Å²) in [6, 6.07) is 7.62. The predicted molar refractivity (Wildman–Crippen MR) is 75.0 cm³/mol. The third-order valence-electron chi connectivity index (χ3n) is 3.63. The molecule has 1 aliphatic carbocycles. The molecular formula is C14H19NO2S. The van der Waals surface area contributed by atoms with Gasteiger partial charge in [0.1, 0.15) is 6.04 Å². The molecule has 0 bridgehead atoms. The van der Waals surface area contributed by atoms with Crippen LogP contribution < -0.4 is 5.73 Å². The first-order valence-corrected chi connectivity index (χ1v) is 7.10. The molecule has 1 unspecified atom stereocenters. The molecule has 3 N–H and O–H groups in total. The van der Waals surface area contributed by atoms with Gasteiger partial charge in [-0.3, -0.25) is 4.79 Å². The van der Waals surface area contributed by atoms with Crippen LogP contribution >= 0.6 is 11.8 Å². The topological polar surface area (TPSA) is 63.3 Å². The summed E-state index contributed by atoms with van der Waals surface area (Å²) in [5.41, 5.74) is 8.54. The zero-order valence-corrected chi connectivity index (χ0v) is 11.5. The maximum Gasteiger partial charge on any atom is 0.321 e. The SMILES string of the molecule is CC(C)(SCC1Cc2ccccc21)[C@H](N)C(=O)O. The summed E-state index contributed by atoms with van der Waals surface area (Å²) in [6.07, 6.45) is 1.10. The zero-order valence-electron chi connectivity index (χ0n) is 10.7. The average molecular weight is 265 g/mol. The van der Waals surface area contributed by atoms with Gasteiger partial charge in [-0.05, 0) is 37.3 Å². The Kier molecular flexibility index (Phi) is 3.69. The summed E-state index contributed by atoms with van der Waals surface area (Å²) < 4.78 is -0.434. The second-order valence-corrected chi connectivity index (χ2v) is 7.00. The van der Waals surface area contributed by atoms with Crippen LogP contribution in [0.3, 0.4) is 0 Å². The number of carboxylic acids is 1. The highest BCUT2D eigenvalue weighted by atomic mass is 32.2. The van der Waals surface area contributed by atoms with Crippen molar-refractivity contribution in [3.8, 4) is 0 Å². The van der Waals surface area contributed by atoms with Gasteiger partial charge in [-0.1, -0.05) is 24.3 Å². The summed E-state index contributed by atoms with van der Waals surface area (Å²) in [4.78, 5) is 10.9. The Labute approximate surface area is 112 Å². The highest BCUT2D eigenvalue weighted by Gasteiger charge is 2.35. The third-order valence-corrected chi connectivity index (χ3v) is 5.20. The van der Waals surface area contributed by atoms with Gasteiger partial charge in [0.15, 0.2) is 0 Å². The first-order valence-electron chi connectivity index (χ1n) is 6.12. The summed E-state index contributed by atoms with van der Waals surface area (Å²) in [7, 11) is 0. The van der Waals surface area contributed by atoms with E-state index in [0.29, 0.717) is 5.92 Å². The van der Waals surface area contributed by atoms with E-state index < -0.39 is 16.8 Å². The van der Waals surface area contributed by atoms with Crippen molar-refractivity contribution in [2.45, 2.75) is 37.0 Å². The average Bonchev–Trinajstić information content (AvgIpc) is 2.29. The molecule has 0 radical (unpaired) electrons. The van der Waals surface area contributed by atoms with E-state index in [-0.39, 0.29) is 0 Å². The number of rotatable bonds is 5. The highest BCUT2D eigenvalue weighted by Crippen LogP contribution is 2.40. The number of hydrogen-bond donors (Lipinski definition) is 2. The number of fused-ring (bicyclic) bond motifs is 1. The minimum atomic E-state index is -0.929. The third kappa shape index (κ3) is 2.54. The van der Waals surface area contributed by atoms with Gasteiger partial charge < -0.3 is 10.8 Å². The van der Waals surface area contributed by atoms with Crippen molar-refractivity contribution < 1.29 is 9.90 Å². The van der Waals surface area contributed by atoms with Gasteiger partial charge in [-0.2, -0.15) is 11.8 Å². The largest absolute Gasteiger partial charge is 0.480 e. The maximum atomic E-state index is 10.9. The molecule has 0 aromatic heterocycles. The van der Waals surface area contributed by atoms with Crippen LogP contribution in [-0.2, 0) is 11.2 Å². The number of aliphatic carboxylic acids is 1. The van der Waals surface area contributed by atoms with E-state index in [0.717, 1.165) is 12.2 Å². The van der Waals surface area contributed by atoms with Crippen molar-refractivity contribution in [2.24, 2.45) is 5.73 Å². The summed E-state index contributed by atoms with van der Waals surface area (Å²) in [5, 5.41) is 8.97. The molecule has 0 spiro atoms. The lowest BCUT2D eigenvalue weighted by Gasteiger charge is -2.34. The van der Waals surface area contributed by atoms with Crippen molar-refractivity contribution in [3.63, 3.8) is 0 Å². The van der Waals surface area contributed by atoms with Gasteiger partial charge in [0.25, 0.3) is 0 Å². The van der Waals surface area contributed by atoms with Crippen LogP contribution in [0.2, 0.25) is 0 Å². The van der Waals surface area contributed by atoms with Crippen molar-refractivity contribution in [2.75, 3.05) is 5.75 Å². The van der Waals surface area contributed by atoms with Crippen LogP contribution in [0.25, 0.3) is 0 Å². The lowest BCUT2D eigenvalue weighted by Crippen LogP contribution is -2.47. The molecule has 1 aromatic carbocycles. The monoisotopic (exact) mass is 265 g/mol. The molecule has 0 fully saturated rings. The lowest BCUT2D eigenvalue weighted by molar-refractivity contribution is -0.139. The molecule has 0 amide bonds. The van der Waals surface area contributed by atoms with Crippen molar-refractivity contribution >= 4 is 17.7 Å². The fraction of sp³-hybridized carbons (Fsp3) is 0.500. The molecule has 18 heavy (non-hydrogen) atoms. The van der Waals surface area contributed by atoms with Gasteiger partial charge in [-0.25, -0.2) is 0 Å². The summed E-state index contributed by atoms with van der Waals surface area (Å²) in [5.74, 6) is 0.554. The first kappa shape index (κ1) is 13.4. The van der Waals surface area contributed by atoms with Gasteiger partial charge in [0, 0.05) is 10.5 Å². The molecule has 2 atom stereocenters. The van der Waals surface area contributed by atoms with Crippen LogP contribution in [0.1, 0.15) is 30.9 Å². The Morgan fingerprint density at radius 2 is 2.22 bits per heavy atom. The van der Waals surface area contributed by atoms with E-state index >= 15 is 0 Å². The predicted octanol–water partition coefficient (Wildman–Crippen LogP) is 2.25. The van der Waals surface area contributed by atoms with Gasteiger partial charge in [-0.15, -0.1) is 0 Å². The first-order chi connectivity index (χ1) is 8.42. The smallest absolute Gasteiger partial charge is 0.321 e. The second-order valence-electron chi connectivity index (χ2n) is 5.33. The van der Waals surface area contributed by atoms with E-state index in [1.807, 2.05) is 13.8 Å². The van der Waals surface area contributed by atoms with E-state index in [2.05, 4.69) is 24.3 Å². The number of carbonyl (C=O) groups is 1. The Balaban J connectivity index is 1.92. The molecule has 98 valence electrons. The molecule has 0 aliphatic heterocycles. The number of carboxylic acid groups (broad SMARTS) is 1. The standard InChI is InChI=1S/C14H19NO2S/c1-14(2,12(15)13(16)17)18-8-10-7-9-5-3-4-6-11(9)10/h3-6,10,12H,7-8,15H2,1-2H3,(H,16,17)/t10?,12-/m1/s1. The van der Waals surface area contributed by atoms with Crippen molar-refractivity contribution in [3.05, 3.63) is 35.4 Å².